The Morgan fingerprint density at radius 1 is 1.03 bits per heavy atom. The van der Waals surface area contributed by atoms with Crippen LogP contribution in [0.5, 0.6) is 0 Å². The van der Waals surface area contributed by atoms with E-state index in [0.717, 1.165) is 52.0 Å². The Morgan fingerprint density at radius 3 is 2.48 bits per heavy atom. The van der Waals surface area contributed by atoms with Gasteiger partial charge in [-0.25, -0.2) is 0 Å². The normalized spacial score (nSPS) is 47.9. The summed E-state index contributed by atoms with van der Waals surface area (Å²) >= 11 is 1.19. The Hall–Kier alpha value is -0.430. The van der Waals surface area contributed by atoms with Crippen LogP contribution in [0.15, 0.2) is 0 Å². The van der Waals surface area contributed by atoms with Gasteiger partial charge in [0, 0.05) is 32.0 Å². The number of hydrogen-bond acceptors (Lipinski definition) is 6. The molecule has 0 bridgehead atoms. The van der Waals surface area contributed by atoms with Crippen molar-refractivity contribution in [3.8, 4) is 0 Å². The van der Waals surface area contributed by atoms with E-state index in [1.165, 1.54) is 37.4 Å². The zero-order chi connectivity index (χ0) is 23.4. The standard InChI is InChI=1S/C27H43NO4S/c1-17(29)33-16-25(31)22-7-6-20-19-5-4-18-14-24(30)23(28-10-12-32-13-11-28)15-27(18,3)21(19)8-9-26(20,22)2/h18-24,30H,4-16H2,1-3H3/t18-,19-,20-,21-,22+,23-,24-,26-,27-/m0/s1. The molecule has 6 heteroatoms. The van der Waals surface area contributed by atoms with Gasteiger partial charge in [-0.3, -0.25) is 14.5 Å². The molecule has 0 aromatic rings. The molecule has 0 spiro atoms. The Morgan fingerprint density at radius 2 is 1.76 bits per heavy atom. The van der Waals surface area contributed by atoms with E-state index in [2.05, 4.69) is 18.7 Å². The van der Waals surface area contributed by atoms with E-state index in [1.807, 2.05) is 0 Å². The fraction of sp³-hybridized carbons (Fsp3) is 0.926. The molecular weight excluding hydrogens is 434 g/mol. The molecule has 1 heterocycles. The van der Waals surface area contributed by atoms with Crippen molar-refractivity contribution in [3.05, 3.63) is 0 Å². The molecule has 5 aliphatic rings. The first-order chi connectivity index (χ1) is 15.7. The van der Waals surface area contributed by atoms with Crippen molar-refractivity contribution in [3.63, 3.8) is 0 Å². The van der Waals surface area contributed by atoms with Crippen molar-refractivity contribution in [1.29, 1.82) is 0 Å². The van der Waals surface area contributed by atoms with Gasteiger partial charge in [-0.15, -0.1) is 0 Å². The van der Waals surface area contributed by atoms with E-state index in [4.69, 9.17) is 4.74 Å². The van der Waals surface area contributed by atoms with Crippen LogP contribution in [0.3, 0.4) is 0 Å². The zero-order valence-electron chi connectivity index (χ0n) is 20.8. The summed E-state index contributed by atoms with van der Waals surface area (Å²) in [6, 6.07) is 0.267. The Balaban J connectivity index is 1.34. The van der Waals surface area contributed by atoms with Gasteiger partial charge in [-0.05, 0) is 85.9 Å². The molecule has 33 heavy (non-hydrogen) atoms. The van der Waals surface area contributed by atoms with Gasteiger partial charge in [0.2, 0.25) is 0 Å². The van der Waals surface area contributed by atoms with Crippen LogP contribution in [0.4, 0.5) is 0 Å². The average Bonchev–Trinajstić information content (AvgIpc) is 3.15. The highest BCUT2D eigenvalue weighted by Gasteiger charge is 2.62. The van der Waals surface area contributed by atoms with E-state index in [1.54, 1.807) is 6.92 Å². The summed E-state index contributed by atoms with van der Waals surface area (Å²) in [6.45, 7) is 9.97. The SMILES string of the molecule is CC(=O)SCC(=O)[C@H]1CC[C@H]2[C@@H]3CC[C@H]4C[C@H](O)[C@@H](N5CCOCC5)C[C@]4(C)[C@H]3CC[C@]12C. The van der Waals surface area contributed by atoms with Gasteiger partial charge in [0.15, 0.2) is 5.12 Å². The monoisotopic (exact) mass is 477 g/mol. The van der Waals surface area contributed by atoms with E-state index in [-0.39, 0.29) is 28.6 Å². The predicted octanol–water partition coefficient (Wildman–Crippen LogP) is 4.17. The Kier molecular flexibility index (Phi) is 6.78. The van der Waals surface area contributed by atoms with Crippen LogP contribution in [0.2, 0.25) is 0 Å². The molecule has 0 unspecified atom stereocenters. The maximum Gasteiger partial charge on any atom is 0.186 e. The highest BCUT2D eigenvalue weighted by atomic mass is 32.2. The molecule has 1 aliphatic heterocycles. The molecule has 9 atom stereocenters. The second kappa shape index (κ2) is 9.22. The molecule has 5 nitrogen and oxygen atoms in total. The minimum Gasteiger partial charge on any atom is -0.391 e. The number of rotatable bonds is 4. The lowest BCUT2D eigenvalue weighted by atomic mass is 9.44. The van der Waals surface area contributed by atoms with Gasteiger partial charge in [0.25, 0.3) is 0 Å². The molecule has 1 N–H and O–H groups in total. The van der Waals surface area contributed by atoms with Gasteiger partial charge in [-0.1, -0.05) is 25.6 Å². The molecule has 0 radical (unpaired) electrons. The van der Waals surface area contributed by atoms with Gasteiger partial charge in [0.1, 0.15) is 5.78 Å². The fourth-order valence-corrected chi connectivity index (χ4v) is 9.91. The van der Waals surface area contributed by atoms with Gasteiger partial charge < -0.3 is 9.84 Å². The number of aliphatic hydroxyl groups excluding tert-OH is 1. The number of nitrogens with zero attached hydrogens (tertiary/aromatic N) is 1. The largest absolute Gasteiger partial charge is 0.391 e. The molecule has 0 aromatic carbocycles. The number of aliphatic hydroxyl groups is 1. The molecule has 0 amide bonds. The first-order valence-corrected chi connectivity index (χ1v) is 14.4. The van der Waals surface area contributed by atoms with Crippen molar-refractivity contribution in [2.24, 2.45) is 40.4 Å². The van der Waals surface area contributed by atoms with Crippen LogP contribution >= 0.6 is 11.8 Å². The second-order valence-corrected chi connectivity index (χ2v) is 13.5. The number of ketones is 1. The predicted molar refractivity (Wildman–Crippen MR) is 131 cm³/mol. The molecule has 4 aliphatic carbocycles. The van der Waals surface area contributed by atoms with Crippen LogP contribution in [-0.4, -0.2) is 65.1 Å². The lowest BCUT2D eigenvalue weighted by Crippen LogP contribution is -2.60. The number of thioether (sulfide) groups is 1. The van der Waals surface area contributed by atoms with E-state index in [0.29, 0.717) is 40.6 Å². The fourth-order valence-electron chi connectivity index (χ4n) is 9.36. The molecular formula is C27H43NO4S. The van der Waals surface area contributed by atoms with Gasteiger partial charge in [-0.2, -0.15) is 0 Å². The average molecular weight is 478 g/mol. The third-order valence-corrected chi connectivity index (χ3v) is 11.8. The number of fused-ring (bicyclic) bond motifs is 5. The van der Waals surface area contributed by atoms with Crippen LogP contribution in [0.25, 0.3) is 0 Å². The number of hydrogen-bond donors (Lipinski definition) is 1. The minimum atomic E-state index is -0.209. The third kappa shape index (κ3) is 4.15. The topological polar surface area (TPSA) is 66.8 Å². The van der Waals surface area contributed by atoms with Crippen LogP contribution < -0.4 is 0 Å². The van der Waals surface area contributed by atoms with Crippen molar-refractivity contribution < 1.29 is 19.4 Å². The van der Waals surface area contributed by atoms with Crippen LogP contribution in [0, 0.1) is 40.4 Å². The van der Waals surface area contributed by atoms with E-state index < -0.39 is 0 Å². The molecule has 186 valence electrons. The molecule has 5 rings (SSSR count). The van der Waals surface area contributed by atoms with E-state index in [9.17, 15) is 14.7 Å². The molecule has 4 saturated carbocycles. The lowest BCUT2D eigenvalue weighted by molar-refractivity contribution is -0.156. The van der Waals surface area contributed by atoms with E-state index >= 15 is 0 Å². The number of ether oxygens (including phenoxy) is 1. The summed E-state index contributed by atoms with van der Waals surface area (Å²) in [6.07, 6.45) is 8.91. The highest BCUT2D eigenvalue weighted by Crippen LogP contribution is 2.67. The first-order valence-electron chi connectivity index (χ1n) is 13.4. The Labute approximate surface area is 203 Å². The molecule has 1 saturated heterocycles. The van der Waals surface area contributed by atoms with Gasteiger partial charge in [0.05, 0.1) is 25.1 Å². The zero-order valence-corrected chi connectivity index (χ0v) is 21.6. The summed E-state index contributed by atoms with van der Waals surface area (Å²) in [5.74, 6) is 3.49. The number of carbonyl (C=O) groups is 2. The van der Waals surface area contributed by atoms with Crippen LogP contribution in [-0.2, 0) is 14.3 Å². The van der Waals surface area contributed by atoms with Crippen molar-refractivity contribution >= 4 is 22.7 Å². The van der Waals surface area contributed by atoms with Crippen LogP contribution in [0.1, 0.15) is 72.1 Å². The van der Waals surface area contributed by atoms with Gasteiger partial charge >= 0.3 is 0 Å². The second-order valence-electron chi connectivity index (χ2n) is 12.3. The smallest absolute Gasteiger partial charge is 0.186 e. The summed E-state index contributed by atoms with van der Waals surface area (Å²) in [4.78, 5) is 27.0. The maximum atomic E-state index is 13.1. The lowest BCUT2D eigenvalue weighted by Gasteiger charge is -2.62. The third-order valence-electron chi connectivity index (χ3n) is 11.0. The first kappa shape index (κ1) is 24.3. The van der Waals surface area contributed by atoms with Crippen molar-refractivity contribution in [2.75, 3.05) is 32.1 Å². The quantitative estimate of drug-likeness (QED) is 0.656. The summed E-state index contributed by atoms with van der Waals surface area (Å²) in [7, 11) is 0. The number of Topliss-reactive ketones (excluding diaryl/α,β-unsaturated/α-hetero) is 1. The highest BCUT2D eigenvalue weighted by molar-refractivity contribution is 8.14. The molecule has 5 fully saturated rings. The van der Waals surface area contributed by atoms with Crippen molar-refractivity contribution in [1.82, 2.24) is 4.90 Å². The summed E-state index contributed by atoms with van der Waals surface area (Å²) < 4.78 is 5.59. The number of morpholine rings is 1. The molecule has 0 aromatic heterocycles. The van der Waals surface area contributed by atoms with Crippen molar-refractivity contribution in [2.45, 2.75) is 84.3 Å². The number of carbonyl (C=O) groups excluding carboxylic acids is 2. The minimum absolute atomic E-state index is 0.0484. The summed E-state index contributed by atoms with van der Waals surface area (Å²) in [5, 5.41) is 11.1. The maximum absolute atomic E-state index is 13.1. The summed E-state index contributed by atoms with van der Waals surface area (Å²) in [5.41, 5.74) is 0.398. The Bertz CT molecular complexity index is 769.